The summed E-state index contributed by atoms with van der Waals surface area (Å²) in [6, 6.07) is 18.7. The third-order valence-electron chi connectivity index (χ3n) is 6.39. The second-order valence-corrected chi connectivity index (χ2v) is 8.95. The molecule has 0 radical (unpaired) electrons. The van der Waals surface area contributed by atoms with Gasteiger partial charge in [-0.25, -0.2) is 0 Å². The highest BCUT2D eigenvalue weighted by Crippen LogP contribution is 2.30. The molecule has 2 saturated heterocycles. The number of furan rings is 1. The van der Waals surface area contributed by atoms with Crippen LogP contribution in [0.25, 0.3) is 11.1 Å². The predicted molar refractivity (Wildman–Crippen MR) is 126 cm³/mol. The average Bonchev–Trinajstić information content (AvgIpc) is 3.54. The van der Waals surface area contributed by atoms with Crippen LogP contribution in [-0.2, 0) is 4.79 Å². The van der Waals surface area contributed by atoms with Gasteiger partial charge in [0.1, 0.15) is 0 Å². The molecule has 2 amide bonds. The zero-order chi connectivity index (χ0) is 22.8. The summed E-state index contributed by atoms with van der Waals surface area (Å²) in [4.78, 5) is 31.8. The molecule has 6 nitrogen and oxygen atoms in total. The molecule has 8 heteroatoms. The number of piperazine rings is 1. The topological polar surface area (TPSA) is 57.0 Å². The van der Waals surface area contributed by atoms with Crippen molar-refractivity contribution in [1.82, 2.24) is 9.80 Å². The lowest BCUT2D eigenvalue weighted by Crippen LogP contribution is -2.52. The lowest BCUT2D eigenvalue weighted by molar-refractivity contribution is -0.117. The second-order valence-electron chi connectivity index (χ2n) is 8.32. The maximum absolute atomic E-state index is 12.9. The number of carbonyl (C=O) groups excluding carboxylic acids is 2. The number of anilines is 1. The van der Waals surface area contributed by atoms with E-state index in [2.05, 4.69) is 4.90 Å². The Bertz CT molecular complexity index is 1130. The summed E-state index contributed by atoms with van der Waals surface area (Å²) in [5.41, 5.74) is 2.79. The van der Waals surface area contributed by atoms with E-state index in [4.69, 9.17) is 4.42 Å². The van der Waals surface area contributed by atoms with Crippen molar-refractivity contribution in [2.24, 2.45) is 0 Å². The lowest BCUT2D eigenvalue weighted by atomic mass is 10.1. The lowest BCUT2D eigenvalue weighted by Gasteiger charge is -2.37. The molecule has 1 aromatic heterocycles. The Morgan fingerprint density at radius 3 is 2.45 bits per heavy atom. The molecule has 2 aliphatic rings. The van der Waals surface area contributed by atoms with E-state index in [0.717, 1.165) is 29.9 Å². The zero-order valence-corrected chi connectivity index (χ0v) is 18.8. The molecule has 0 aliphatic carbocycles. The van der Waals surface area contributed by atoms with Crippen LogP contribution >= 0.6 is 12.1 Å². The van der Waals surface area contributed by atoms with Crippen LogP contribution in [-0.4, -0.2) is 60.4 Å². The zero-order valence-electron chi connectivity index (χ0n) is 18.0. The van der Waals surface area contributed by atoms with E-state index in [1.165, 1.54) is 6.26 Å². The van der Waals surface area contributed by atoms with Gasteiger partial charge in [0.15, 0.2) is 5.76 Å². The molecule has 2 fully saturated rings. The number of halogens is 1. The molecular weight excluding hydrogens is 441 g/mol. The first-order valence-corrected chi connectivity index (χ1v) is 11.7. The highest BCUT2D eigenvalue weighted by atomic mass is 32.2. The Kier molecular flexibility index (Phi) is 6.20. The molecule has 3 aromatic rings. The van der Waals surface area contributed by atoms with Crippen LogP contribution < -0.4 is 4.90 Å². The number of benzene rings is 2. The number of rotatable bonds is 5. The van der Waals surface area contributed by atoms with Gasteiger partial charge in [0.2, 0.25) is 5.91 Å². The highest BCUT2D eigenvalue weighted by Gasteiger charge is 2.36. The Balaban J connectivity index is 1.21. The van der Waals surface area contributed by atoms with Crippen molar-refractivity contribution in [3.05, 3.63) is 72.7 Å². The number of amides is 2. The summed E-state index contributed by atoms with van der Waals surface area (Å²) in [5, 5.41) is 0. The molecule has 170 valence electrons. The summed E-state index contributed by atoms with van der Waals surface area (Å²) in [6.45, 7) is 3.35. The summed E-state index contributed by atoms with van der Waals surface area (Å²) in [5.74, 6) is 0.390. The number of carbonyl (C=O) groups is 2. The molecule has 2 aliphatic heterocycles. The summed E-state index contributed by atoms with van der Waals surface area (Å²) in [7, 11) is 0. The Labute approximate surface area is 196 Å². The minimum absolute atomic E-state index is 0.0838. The molecular formula is C25H24FN3O3S. The first-order chi connectivity index (χ1) is 16.1. The van der Waals surface area contributed by atoms with Gasteiger partial charge in [0.25, 0.3) is 5.91 Å². The molecule has 5 rings (SSSR count). The van der Waals surface area contributed by atoms with Crippen molar-refractivity contribution < 1.29 is 17.9 Å². The van der Waals surface area contributed by atoms with Crippen molar-refractivity contribution in [2.45, 2.75) is 17.4 Å². The summed E-state index contributed by atoms with van der Waals surface area (Å²) in [6.07, 6.45) is 1.98. The van der Waals surface area contributed by atoms with Gasteiger partial charge in [0, 0.05) is 55.8 Å². The van der Waals surface area contributed by atoms with Crippen LogP contribution in [0.4, 0.5) is 9.57 Å². The maximum Gasteiger partial charge on any atom is 0.289 e. The van der Waals surface area contributed by atoms with Crippen molar-refractivity contribution >= 4 is 29.6 Å². The van der Waals surface area contributed by atoms with Crippen molar-refractivity contribution in [3.8, 4) is 11.1 Å². The van der Waals surface area contributed by atoms with Crippen molar-refractivity contribution in [1.29, 1.82) is 0 Å². The van der Waals surface area contributed by atoms with E-state index in [-0.39, 0.29) is 30.0 Å². The van der Waals surface area contributed by atoms with E-state index in [1.807, 2.05) is 47.4 Å². The fraction of sp³-hybridized carbons (Fsp3) is 0.280. The molecule has 33 heavy (non-hydrogen) atoms. The first kappa shape index (κ1) is 21.7. The largest absolute Gasteiger partial charge is 0.459 e. The SMILES string of the molecule is O=C(c1ccco1)N1CCN(C2CC(=O)N(c3ccc(-c4cccc(SF)c4)cc3)C2)CC1. The van der Waals surface area contributed by atoms with Gasteiger partial charge in [-0.1, -0.05) is 24.3 Å². The van der Waals surface area contributed by atoms with Gasteiger partial charge in [0.05, 0.1) is 18.4 Å². The Morgan fingerprint density at radius 2 is 1.76 bits per heavy atom. The van der Waals surface area contributed by atoms with Gasteiger partial charge in [-0.3, -0.25) is 14.5 Å². The van der Waals surface area contributed by atoms with Crippen molar-refractivity contribution in [2.75, 3.05) is 37.6 Å². The van der Waals surface area contributed by atoms with Crippen LogP contribution in [0.3, 0.4) is 0 Å². The normalized spacial score (nSPS) is 19.3. The first-order valence-electron chi connectivity index (χ1n) is 11.0. The van der Waals surface area contributed by atoms with E-state index >= 15 is 0 Å². The molecule has 0 spiro atoms. The summed E-state index contributed by atoms with van der Waals surface area (Å²) < 4.78 is 18.1. The third kappa shape index (κ3) is 4.54. The predicted octanol–water partition coefficient (Wildman–Crippen LogP) is 4.49. The Hall–Kier alpha value is -3.10. The quantitative estimate of drug-likeness (QED) is 0.556. The molecule has 0 N–H and O–H groups in total. The van der Waals surface area contributed by atoms with Gasteiger partial charge in [-0.15, -0.1) is 0 Å². The van der Waals surface area contributed by atoms with Gasteiger partial charge >= 0.3 is 0 Å². The van der Waals surface area contributed by atoms with Crippen LogP contribution in [0.15, 0.2) is 76.2 Å². The number of hydrogen-bond donors (Lipinski definition) is 0. The third-order valence-corrected chi connectivity index (χ3v) is 6.82. The highest BCUT2D eigenvalue weighted by molar-refractivity contribution is 7.94. The Morgan fingerprint density at radius 1 is 0.970 bits per heavy atom. The van der Waals surface area contributed by atoms with Crippen LogP contribution in [0, 0.1) is 0 Å². The molecule has 2 aromatic carbocycles. The average molecular weight is 466 g/mol. The van der Waals surface area contributed by atoms with Crippen LogP contribution in [0.5, 0.6) is 0 Å². The van der Waals surface area contributed by atoms with Gasteiger partial charge < -0.3 is 14.2 Å². The van der Waals surface area contributed by atoms with E-state index in [9.17, 15) is 13.5 Å². The van der Waals surface area contributed by atoms with E-state index in [0.29, 0.717) is 36.7 Å². The van der Waals surface area contributed by atoms with E-state index < -0.39 is 0 Å². The maximum atomic E-state index is 12.9. The molecule has 3 heterocycles. The fourth-order valence-corrected chi connectivity index (χ4v) is 4.89. The smallest absolute Gasteiger partial charge is 0.289 e. The number of hydrogen-bond acceptors (Lipinski definition) is 5. The molecule has 0 saturated carbocycles. The fourth-order valence-electron chi connectivity index (χ4n) is 4.59. The monoisotopic (exact) mass is 465 g/mol. The second kappa shape index (κ2) is 9.41. The molecule has 0 bridgehead atoms. The van der Waals surface area contributed by atoms with E-state index in [1.54, 1.807) is 23.1 Å². The standard InChI is InChI=1S/C25H24FN3O3S/c26-33-22-4-1-3-19(15-22)18-6-8-20(9-7-18)29-17-21(16-24(29)30)27-10-12-28(13-11-27)25(31)23-5-2-14-32-23/h1-9,14-15,21H,10-13,16-17H2. The van der Waals surface area contributed by atoms with Gasteiger partial charge in [-0.05, 0) is 47.5 Å². The van der Waals surface area contributed by atoms with Crippen molar-refractivity contribution in [3.63, 3.8) is 0 Å². The molecule has 1 unspecified atom stereocenters. The number of nitrogens with zero attached hydrogens (tertiary/aromatic N) is 3. The van der Waals surface area contributed by atoms with Crippen LogP contribution in [0.1, 0.15) is 17.0 Å². The van der Waals surface area contributed by atoms with Gasteiger partial charge in [-0.2, -0.15) is 3.89 Å². The minimum atomic E-state index is -0.0838. The van der Waals surface area contributed by atoms with Crippen LogP contribution in [0.2, 0.25) is 0 Å². The minimum Gasteiger partial charge on any atom is -0.459 e. The summed E-state index contributed by atoms with van der Waals surface area (Å²) >= 11 is 0.232. The molecule has 1 atom stereocenters.